The number of carbonyl (C=O) groups excluding carboxylic acids is 1. The van der Waals surface area contributed by atoms with E-state index in [-0.39, 0.29) is 0 Å². The van der Waals surface area contributed by atoms with E-state index in [2.05, 4.69) is 0 Å². The van der Waals surface area contributed by atoms with Crippen molar-refractivity contribution < 1.29 is 9.53 Å². The standard InChI is InChI=1S/C8H10ClNO2/c1-2-12-8(11)10-6-4-3-5-7(10)9/h3-7H,2H2,1H3/t7-/m1/s1. The fourth-order valence-corrected chi connectivity index (χ4v) is 1.06. The zero-order chi connectivity index (χ0) is 8.97. The molecule has 0 saturated carbocycles. The summed E-state index contributed by atoms with van der Waals surface area (Å²) in [4.78, 5) is 12.5. The van der Waals surface area contributed by atoms with Gasteiger partial charge < -0.3 is 4.74 Å². The van der Waals surface area contributed by atoms with Crippen LogP contribution in [0.2, 0.25) is 0 Å². The molecule has 1 amide bonds. The Bertz CT molecular complexity index is 225. The van der Waals surface area contributed by atoms with Gasteiger partial charge >= 0.3 is 6.09 Å². The fourth-order valence-electron chi connectivity index (χ4n) is 0.833. The highest BCUT2D eigenvalue weighted by Crippen LogP contribution is 2.13. The van der Waals surface area contributed by atoms with Gasteiger partial charge in [-0.1, -0.05) is 17.7 Å². The molecule has 0 N–H and O–H groups in total. The summed E-state index contributed by atoms with van der Waals surface area (Å²) >= 11 is 5.80. The van der Waals surface area contributed by atoms with Crippen LogP contribution in [0.15, 0.2) is 24.4 Å². The highest BCUT2D eigenvalue weighted by atomic mass is 35.5. The van der Waals surface area contributed by atoms with E-state index >= 15 is 0 Å². The fraction of sp³-hybridized carbons (Fsp3) is 0.375. The number of hydrogen-bond donors (Lipinski definition) is 0. The average molecular weight is 188 g/mol. The van der Waals surface area contributed by atoms with Crippen LogP contribution in [0.1, 0.15) is 6.92 Å². The highest BCUT2D eigenvalue weighted by molar-refractivity contribution is 6.22. The summed E-state index contributed by atoms with van der Waals surface area (Å²) in [6.07, 6.45) is 6.40. The van der Waals surface area contributed by atoms with Crippen molar-refractivity contribution in [2.75, 3.05) is 6.61 Å². The third-order valence-corrected chi connectivity index (χ3v) is 1.73. The van der Waals surface area contributed by atoms with E-state index in [4.69, 9.17) is 16.3 Å². The number of alkyl halides is 1. The SMILES string of the molecule is CCOC(=O)N1C=CC=C[C@@H]1Cl. The molecule has 0 unspecified atom stereocenters. The van der Waals surface area contributed by atoms with Gasteiger partial charge in [0.15, 0.2) is 0 Å². The Morgan fingerprint density at radius 2 is 2.42 bits per heavy atom. The van der Waals surface area contributed by atoms with Crippen LogP contribution in [0.25, 0.3) is 0 Å². The molecule has 0 aromatic heterocycles. The van der Waals surface area contributed by atoms with Crippen LogP contribution >= 0.6 is 11.6 Å². The molecular weight excluding hydrogens is 178 g/mol. The summed E-state index contributed by atoms with van der Waals surface area (Å²) in [7, 11) is 0. The van der Waals surface area contributed by atoms with Gasteiger partial charge in [-0.15, -0.1) is 0 Å². The van der Waals surface area contributed by atoms with Crippen LogP contribution in [0, 0.1) is 0 Å². The molecule has 1 rings (SSSR count). The number of halogens is 1. The predicted octanol–water partition coefficient (Wildman–Crippen LogP) is 2.09. The lowest BCUT2D eigenvalue weighted by molar-refractivity contribution is 0.122. The monoisotopic (exact) mass is 187 g/mol. The smallest absolute Gasteiger partial charge is 0.415 e. The summed E-state index contributed by atoms with van der Waals surface area (Å²) in [5.41, 5.74) is -0.436. The lowest BCUT2D eigenvalue weighted by atomic mass is 10.4. The van der Waals surface area contributed by atoms with Gasteiger partial charge in [0.2, 0.25) is 0 Å². The van der Waals surface area contributed by atoms with Gasteiger partial charge in [0.1, 0.15) is 5.50 Å². The van der Waals surface area contributed by atoms with E-state index < -0.39 is 11.6 Å². The van der Waals surface area contributed by atoms with Crippen LogP contribution in [-0.4, -0.2) is 23.1 Å². The summed E-state index contributed by atoms with van der Waals surface area (Å²) < 4.78 is 4.77. The van der Waals surface area contributed by atoms with Gasteiger partial charge in [-0.2, -0.15) is 0 Å². The number of amides is 1. The molecule has 1 aliphatic heterocycles. The first kappa shape index (κ1) is 9.13. The van der Waals surface area contributed by atoms with Crippen molar-refractivity contribution in [3.63, 3.8) is 0 Å². The first-order valence-electron chi connectivity index (χ1n) is 3.70. The first-order chi connectivity index (χ1) is 5.75. The zero-order valence-electron chi connectivity index (χ0n) is 6.74. The molecule has 3 nitrogen and oxygen atoms in total. The van der Waals surface area contributed by atoms with Crippen LogP contribution in [0.4, 0.5) is 4.79 Å². The number of hydrogen-bond acceptors (Lipinski definition) is 2. The molecule has 0 radical (unpaired) electrons. The molecule has 0 bridgehead atoms. The number of allylic oxidation sites excluding steroid dienone is 2. The minimum absolute atomic E-state index is 0.358. The quantitative estimate of drug-likeness (QED) is 0.465. The Balaban J connectivity index is 2.56. The molecular formula is C8H10ClNO2. The van der Waals surface area contributed by atoms with E-state index in [1.807, 2.05) is 0 Å². The van der Waals surface area contributed by atoms with Gasteiger partial charge in [-0.05, 0) is 19.1 Å². The minimum Gasteiger partial charge on any atom is -0.449 e. The molecule has 1 heterocycles. The Labute approximate surface area is 76.2 Å². The highest BCUT2D eigenvalue weighted by Gasteiger charge is 2.19. The lowest BCUT2D eigenvalue weighted by Gasteiger charge is -2.22. The van der Waals surface area contributed by atoms with Gasteiger partial charge in [0.25, 0.3) is 0 Å². The Kier molecular flexibility index (Phi) is 3.17. The maximum absolute atomic E-state index is 11.1. The maximum Gasteiger partial charge on any atom is 0.415 e. The third-order valence-electron chi connectivity index (χ3n) is 1.37. The molecule has 0 aliphatic carbocycles. The molecule has 12 heavy (non-hydrogen) atoms. The first-order valence-corrected chi connectivity index (χ1v) is 4.13. The van der Waals surface area contributed by atoms with Crippen molar-refractivity contribution in [1.82, 2.24) is 4.90 Å². The molecule has 0 aromatic carbocycles. The van der Waals surface area contributed by atoms with Crippen LogP contribution in [-0.2, 0) is 4.74 Å². The Hall–Kier alpha value is -0.960. The molecule has 4 heteroatoms. The second kappa shape index (κ2) is 4.16. The van der Waals surface area contributed by atoms with Gasteiger partial charge in [0, 0.05) is 6.20 Å². The largest absolute Gasteiger partial charge is 0.449 e. The van der Waals surface area contributed by atoms with E-state index in [0.29, 0.717) is 6.61 Å². The normalized spacial score (nSPS) is 21.2. The molecule has 0 spiro atoms. The summed E-state index contributed by atoms with van der Waals surface area (Å²) in [5, 5.41) is 0. The number of ether oxygens (including phenoxy) is 1. The van der Waals surface area contributed by atoms with Gasteiger partial charge in [-0.25, -0.2) is 4.79 Å². The summed E-state index contributed by atoms with van der Waals surface area (Å²) in [5.74, 6) is 0. The second-order valence-corrected chi connectivity index (χ2v) is 2.65. The van der Waals surface area contributed by atoms with E-state index in [1.165, 1.54) is 4.90 Å². The van der Waals surface area contributed by atoms with Gasteiger partial charge in [0.05, 0.1) is 6.61 Å². The number of carbonyl (C=O) groups is 1. The molecule has 1 aliphatic rings. The third kappa shape index (κ3) is 2.01. The van der Waals surface area contributed by atoms with E-state index in [1.54, 1.807) is 31.4 Å². The zero-order valence-corrected chi connectivity index (χ0v) is 7.49. The maximum atomic E-state index is 11.1. The van der Waals surface area contributed by atoms with Crippen molar-refractivity contribution in [2.45, 2.75) is 12.4 Å². The van der Waals surface area contributed by atoms with E-state index in [9.17, 15) is 4.79 Å². The summed E-state index contributed by atoms with van der Waals surface area (Å²) in [6.45, 7) is 2.11. The summed E-state index contributed by atoms with van der Waals surface area (Å²) in [6, 6.07) is 0. The van der Waals surface area contributed by atoms with Crippen molar-refractivity contribution in [3.05, 3.63) is 24.4 Å². The van der Waals surface area contributed by atoms with Crippen molar-refractivity contribution >= 4 is 17.7 Å². The van der Waals surface area contributed by atoms with E-state index in [0.717, 1.165) is 0 Å². The van der Waals surface area contributed by atoms with Crippen molar-refractivity contribution in [2.24, 2.45) is 0 Å². The van der Waals surface area contributed by atoms with Crippen molar-refractivity contribution in [1.29, 1.82) is 0 Å². The molecule has 0 saturated heterocycles. The average Bonchev–Trinajstić information content (AvgIpc) is 2.05. The Morgan fingerprint density at radius 3 is 3.00 bits per heavy atom. The number of nitrogens with zero attached hydrogens (tertiary/aromatic N) is 1. The topological polar surface area (TPSA) is 29.5 Å². The second-order valence-electron chi connectivity index (χ2n) is 2.21. The van der Waals surface area contributed by atoms with Crippen molar-refractivity contribution in [3.8, 4) is 0 Å². The Morgan fingerprint density at radius 1 is 1.67 bits per heavy atom. The molecule has 0 fully saturated rings. The van der Waals surface area contributed by atoms with Crippen LogP contribution in [0.3, 0.4) is 0 Å². The van der Waals surface area contributed by atoms with Gasteiger partial charge in [-0.3, -0.25) is 4.90 Å². The molecule has 66 valence electrons. The molecule has 1 atom stereocenters. The lowest BCUT2D eigenvalue weighted by Crippen LogP contribution is -2.32. The molecule has 0 aromatic rings. The number of rotatable bonds is 1. The van der Waals surface area contributed by atoms with Crippen LogP contribution in [0.5, 0.6) is 0 Å². The van der Waals surface area contributed by atoms with Crippen LogP contribution < -0.4 is 0 Å². The predicted molar refractivity (Wildman–Crippen MR) is 46.8 cm³/mol. The minimum atomic E-state index is -0.436.